The number of halogens is 1. The van der Waals surface area contributed by atoms with Crippen molar-refractivity contribution >= 4 is 27.4 Å². The van der Waals surface area contributed by atoms with Crippen molar-refractivity contribution in [3.63, 3.8) is 0 Å². The van der Waals surface area contributed by atoms with Crippen LogP contribution in [-0.2, 0) is 10.0 Å². The molecule has 0 saturated carbocycles. The molecule has 0 spiro atoms. The standard InChI is InChI=1S/C15H23FN4O3S/c1-20-9-3-4-12(20)7-8-17-15(21)18-14-10-11(5-6-13(14)16)19-24(2,22)23/h5-6,10,12,19H,3-4,7-9H2,1-2H3,(H2,17,18,21). The minimum Gasteiger partial charge on any atom is -0.338 e. The van der Waals surface area contributed by atoms with Crippen LogP contribution in [0.4, 0.5) is 20.6 Å². The molecular formula is C15H23FN4O3S. The fourth-order valence-electron chi connectivity index (χ4n) is 2.76. The van der Waals surface area contributed by atoms with Gasteiger partial charge in [0.1, 0.15) is 5.82 Å². The fraction of sp³-hybridized carbons (Fsp3) is 0.533. The minimum absolute atomic E-state index is 0.0841. The Balaban J connectivity index is 1.87. The van der Waals surface area contributed by atoms with Crippen molar-refractivity contribution in [2.75, 3.05) is 36.4 Å². The van der Waals surface area contributed by atoms with Crippen LogP contribution in [0, 0.1) is 5.82 Å². The summed E-state index contributed by atoms with van der Waals surface area (Å²) < 4.78 is 38.4. The molecule has 0 radical (unpaired) electrons. The third-order valence-corrected chi connectivity index (χ3v) is 4.56. The highest BCUT2D eigenvalue weighted by Crippen LogP contribution is 2.20. The molecule has 134 valence electrons. The second kappa shape index (κ2) is 7.80. The third kappa shape index (κ3) is 5.64. The smallest absolute Gasteiger partial charge is 0.319 e. The Hall–Kier alpha value is -1.87. The molecule has 1 aliphatic heterocycles. The van der Waals surface area contributed by atoms with E-state index in [-0.39, 0.29) is 11.4 Å². The van der Waals surface area contributed by atoms with E-state index in [0.717, 1.165) is 31.7 Å². The van der Waals surface area contributed by atoms with E-state index in [2.05, 4.69) is 27.3 Å². The lowest BCUT2D eigenvalue weighted by Crippen LogP contribution is -2.34. The van der Waals surface area contributed by atoms with Crippen molar-refractivity contribution < 1.29 is 17.6 Å². The van der Waals surface area contributed by atoms with Gasteiger partial charge >= 0.3 is 6.03 Å². The first-order valence-corrected chi connectivity index (χ1v) is 9.66. The average molecular weight is 358 g/mol. The van der Waals surface area contributed by atoms with Gasteiger partial charge in [-0.25, -0.2) is 17.6 Å². The number of hydrogen-bond donors (Lipinski definition) is 3. The molecule has 1 fully saturated rings. The van der Waals surface area contributed by atoms with E-state index >= 15 is 0 Å². The molecule has 2 amide bonds. The van der Waals surface area contributed by atoms with Crippen LogP contribution in [0.15, 0.2) is 18.2 Å². The number of likely N-dealkylation sites (tertiary alicyclic amines) is 1. The van der Waals surface area contributed by atoms with Crippen LogP contribution in [0.5, 0.6) is 0 Å². The van der Waals surface area contributed by atoms with Gasteiger partial charge in [0.2, 0.25) is 10.0 Å². The van der Waals surface area contributed by atoms with Crippen molar-refractivity contribution in [2.45, 2.75) is 25.3 Å². The number of benzene rings is 1. The molecule has 9 heteroatoms. The van der Waals surface area contributed by atoms with Crippen LogP contribution in [0.2, 0.25) is 0 Å². The van der Waals surface area contributed by atoms with Gasteiger partial charge in [-0.05, 0) is 51.1 Å². The average Bonchev–Trinajstić information content (AvgIpc) is 2.86. The van der Waals surface area contributed by atoms with Gasteiger partial charge in [0.15, 0.2) is 0 Å². The SMILES string of the molecule is CN1CCCC1CCNC(=O)Nc1cc(NS(C)(=O)=O)ccc1F. The number of rotatable bonds is 6. The predicted octanol–water partition coefficient (Wildman–Crippen LogP) is 1.80. The summed E-state index contributed by atoms with van der Waals surface area (Å²) in [5, 5.41) is 5.09. The number of urea groups is 1. The molecule has 0 aliphatic carbocycles. The molecule has 7 nitrogen and oxygen atoms in total. The summed E-state index contributed by atoms with van der Waals surface area (Å²) in [7, 11) is -1.41. The van der Waals surface area contributed by atoms with E-state index in [1.807, 2.05) is 0 Å². The second-order valence-electron chi connectivity index (χ2n) is 6.02. The quantitative estimate of drug-likeness (QED) is 0.723. The van der Waals surface area contributed by atoms with Crippen LogP contribution in [0.25, 0.3) is 0 Å². The zero-order valence-electron chi connectivity index (χ0n) is 13.8. The summed E-state index contributed by atoms with van der Waals surface area (Å²) in [6, 6.07) is 3.56. The van der Waals surface area contributed by atoms with Crippen molar-refractivity contribution in [2.24, 2.45) is 0 Å². The van der Waals surface area contributed by atoms with Gasteiger partial charge in [-0.1, -0.05) is 0 Å². The molecule has 1 aromatic carbocycles. The first-order chi connectivity index (χ1) is 11.2. The van der Waals surface area contributed by atoms with Crippen molar-refractivity contribution in [3.8, 4) is 0 Å². The van der Waals surface area contributed by atoms with E-state index < -0.39 is 21.9 Å². The summed E-state index contributed by atoms with van der Waals surface area (Å²) in [5.41, 5.74) is 0.0981. The zero-order chi connectivity index (χ0) is 17.7. The second-order valence-corrected chi connectivity index (χ2v) is 7.76. The Kier molecular flexibility index (Phi) is 6.00. The van der Waals surface area contributed by atoms with E-state index in [1.54, 1.807) is 0 Å². The monoisotopic (exact) mass is 358 g/mol. The molecule has 0 bridgehead atoms. The minimum atomic E-state index is -3.47. The van der Waals surface area contributed by atoms with Gasteiger partial charge in [-0.15, -0.1) is 0 Å². The predicted molar refractivity (Wildman–Crippen MR) is 92.2 cm³/mol. The maximum atomic E-state index is 13.8. The topological polar surface area (TPSA) is 90.5 Å². The largest absolute Gasteiger partial charge is 0.338 e. The first kappa shape index (κ1) is 18.5. The molecule has 1 aliphatic rings. The van der Waals surface area contributed by atoms with Crippen LogP contribution in [0.3, 0.4) is 0 Å². The normalized spacial score (nSPS) is 18.4. The van der Waals surface area contributed by atoms with Crippen molar-refractivity contribution in [1.82, 2.24) is 10.2 Å². The van der Waals surface area contributed by atoms with Crippen LogP contribution >= 0.6 is 0 Å². The first-order valence-electron chi connectivity index (χ1n) is 7.77. The molecule has 2 rings (SSSR count). The van der Waals surface area contributed by atoms with Crippen LogP contribution < -0.4 is 15.4 Å². The molecule has 3 N–H and O–H groups in total. The van der Waals surface area contributed by atoms with Gasteiger partial charge in [-0.2, -0.15) is 0 Å². The Morgan fingerprint density at radius 2 is 2.17 bits per heavy atom. The molecule has 1 heterocycles. The zero-order valence-corrected chi connectivity index (χ0v) is 14.6. The number of carbonyl (C=O) groups excluding carboxylic acids is 1. The summed E-state index contributed by atoms with van der Waals surface area (Å²) in [5.74, 6) is -0.639. The Morgan fingerprint density at radius 3 is 2.79 bits per heavy atom. The fourth-order valence-corrected chi connectivity index (χ4v) is 3.32. The summed E-state index contributed by atoms with van der Waals surface area (Å²) in [6.45, 7) is 1.56. The number of anilines is 2. The third-order valence-electron chi connectivity index (χ3n) is 3.95. The van der Waals surface area contributed by atoms with E-state index in [4.69, 9.17) is 0 Å². The highest BCUT2D eigenvalue weighted by Gasteiger charge is 2.20. The maximum absolute atomic E-state index is 13.8. The lowest BCUT2D eigenvalue weighted by molar-refractivity contribution is 0.248. The number of sulfonamides is 1. The van der Waals surface area contributed by atoms with Gasteiger partial charge < -0.3 is 15.5 Å². The van der Waals surface area contributed by atoms with E-state index in [9.17, 15) is 17.6 Å². The van der Waals surface area contributed by atoms with E-state index in [0.29, 0.717) is 12.6 Å². The molecule has 1 saturated heterocycles. The van der Waals surface area contributed by atoms with Crippen LogP contribution in [-0.4, -0.2) is 51.8 Å². The van der Waals surface area contributed by atoms with Crippen molar-refractivity contribution in [1.29, 1.82) is 0 Å². The van der Waals surface area contributed by atoms with Gasteiger partial charge in [0.25, 0.3) is 0 Å². The summed E-state index contributed by atoms with van der Waals surface area (Å²) in [6.07, 6.45) is 4.12. The molecular weight excluding hydrogens is 335 g/mol. The molecule has 1 aromatic rings. The number of carbonyl (C=O) groups is 1. The Morgan fingerprint density at radius 1 is 1.42 bits per heavy atom. The molecule has 1 unspecified atom stereocenters. The number of nitrogens with one attached hydrogen (secondary N) is 3. The highest BCUT2D eigenvalue weighted by atomic mass is 32.2. The number of nitrogens with zero attached hydrogens (tertiary/aromatic N) is 1. The van der Waals surface area contributed by atoms with E-state index in [1.165, 1.54) is 18.6 Å². The van der Waals surface area contributed by atoms with Crippen molar-refractivity contribution in [3.05, 3.63) is 24.0 Å². The Labute approximate surface area is 141 Å². The lowest BCUT2D eigenvalue weighted by atomic mass is 10.1. The Bertz CT molecular complexity index is 696. The maximum Gasteiger partial charge on any atom is 0.319 e. The van der Waals surface area contributed by atoms with Gasteiger partial charge in [0, 0.05) is 12.6 Å². The van der Waals surface area contributed by atoms with Crippen LogP contribution in [0.1, 0.15) is 19.3 Å². The van der Waals surface area contributed by atoms with Gasteiger partial charge in [0.05, 0.1) is 17.6 Å². The van der Waals surface area contributed by atoms with Gasteiger partial charge in [-0.3, -0.25) is 4.72 Å². The summed E-state index contributed by atoms with van der Waals surface area (Å²) in [4.78, 5) is 14.1. The number of amides is 2. The molecule has 0 aromatic heterocycles. The molecule has 24 heavy (non-hydrogen) atoms. The lowest BCUT2D eigenvalue weighted by Gasteiger charge is -2.19. The highest BCUT2D eigenvalue weighted by molar-refractivity contribution is 7.92. The summed E-state index contributed by atoms with van der Waals surface area (Å²) >= 11 is 0. The number of hydrogen-bond acceptors (Lipinski definition) is 4. The molecule has 1 atom stereocenters.